The zero-order chi connectivity index (χ0) is 14.9. The summed E-state index contributed by atoms with van der Waals surface area (Å²) in [4.78, 5) is 47.3. The number of nitrogens with two attached hydrogens (primary N) is 1. The molecule has 7 nitrogen and oxygen atoms in total. The number of amides is 3. The third-order valence-electron chi connectivity index (χ3n) is 3.22. The van der Waals surface area contributed by atoms with E-state index in [1.54, 1.807) is 12.1 Å². The lowest BCUT2D eigenvalue weighted by Gasteiger charge is -2.33. The Morgan fingerprint density at radius 2 is 1.95 bits per heavy atom. The molecule has 0 bridgehead atoms. The average Bonchev–Trinajstić information content (AvgIpc) is 2.42. The number of fused-ring (bicyclic) bond motifs is 1. The molecule has 1 unspecified atom stereocenters. The quantitative estimate of drug-likeness (QED) is 0.428. The molecule has 2 rings (SSSR count). The molecule has 7 heteroatoms. The maximum absolute atomic E-state index is 12.2. The minimum Gasteiger partial charge on any atom is -0.468 e. The van der Waals surface area contributed by atoms with E-state index in [9.17, 15) is 19.2 Å². The number of esters is 1. The summed E-state index contributed by atoms with van der Waals surface area (Å²) in [5, 5.41) is 2.06. The monoisotopic (exact) mass is 276 g/mol. The highest BCUT2D eigenvalue weighted by molar-refractivity contribution is 6.22. The van der Waals surface area contributed by atoms with Crippen molar-refractivity contribution in [2.45, 2.75) is 11.8 Å². The van der Waals surface area contributed by atoms with Crippen molar-refractivity contribution in [2.24, 2.45) is 5.73 Å². The van der Waals surface area contributed by atoms with Gasteiger partial charge >= 0.3 is 5.97 Å². The van der Waals surface area contributed by atoms with E-state index in [-0.39, 0.29) is 11.1 Å². The summed E-state index contributed by atoms with van der Waals surface area (Å²) in [7, 11) is 1.09. The Morgan fingerprint density at radius 3 is 2.55 bits per heavy atom. The lowest BCUT2D eigenvalue weighted by Crippen LogP contribution is -2.58. The van der Waals surface area contributed by atoms with Crippen molar-refractivity contribution in [1.29, 1.82) is 0 Å². The molecule has 0 saturated heterocycles. The number of nitrogens with one attached hydrogen (secondary N) is 1. The van der Waals surface area contributed by atoms with Crippen LogP contribution in [-0.4, -0.2) is 30.8 Å². The SMILES string of the molecule is COC(=O)C1(CC(N)=O)C(=O)NC(=O)c2ccccc21. The molecular formula is C13H12N2O5. The first-order valence-electron chi connectivity index (χ1n) is 5.75. The zero-order valence-corrected chi connectivity index (χ0v) is 10.6. The molecule has 1 heterocycles. The van der Waals surface area contributed by atoms with Gasteiger partial charge in [-0.05, 0) is 11.6 Å². The van der Waals surface area contributed by atoms with Gasteiger partial charge < -0.3 is 10.5 Å². The van der Waals surface area contributed by atoms with Crippen molar-refractivity contribution >= 4 is 23.7 Å². The van der Waals surface area contributed by atoms with E-state index in [1.165, 1.54) is 12.1 Å². The minimum absolute atomic E-state index is 0.124. The molecule has 1 aliphatic heterocycles. The van der Waals surface area contributed by atoms with Gasteiger partial charge in [-0.3, -0.25) is 24.5 Å². The van der Waals surface area contributed by atoms with E-state index in [0.29, 0.717) is 0 Å². The number of imide groups is 1. The molecule has 3 N–H and O–H groups in total. The van der Waals surface area contributed by atoms with Crippen LogP contribution in [0.3, 0.4) is 0 Å². The standard InChI is InChI=1S/C13H12N2O5/c1-20-12(19)13(6-9(14)16)8-5-3-2-4-7(8)10(17)15-11(13)18/h2-5H,6H2,1H3,(H2,14,16)(H,15,17,18). The van der Waals surface area contributed by atoms with Gasteiger partial charge in [-0.15, -0.1) is 0 Å². The van der Waals surface area contributed by atoms with Gasteiger partial charge in [-0.25, -0.2) is 0 Å². The highest BCUT2D eigenvalue weighted by Crippen LogP contribution is 2.35. The molecule has 20 heavy (non-hydrogen) atoms. The molecule has 0 spiro atoms. The van der Waals surface area contributed by atoms with Crippen molar-refractivity contribution in [3.8, 4) is 0 Å². The Bertz CT molecular complexity index is 625. The van der Waals surface area contributed by atoms with Gasteiger partial charge in [0, 0.05) is 5.56 Å². The van der Waals surface area contributed by atoms with Crippen molar-refractivity contribution in [3.05, 3.63) is 35.4 Å². The van der Waals surface area contributed by atoms with Crippen LogP contribution in [0.4, 0.5) is 0 Å². The van der Waals surface area contributed by atoms with E-state index >= 15 is 0 Å². The highest BCUT2D eigenvalue weighted by atomic mass is 16.5. The van der Waals surface area contributed by atoms with E-state index in [4.69, 9.17) is 5.73 Å². The largest absolute Gasteiger partial charge is 0.468 e. The summed E-state index contributed by atoms with van der Waals surface area (Å²) in [5.41, 5.74) is 3.48. The van der Waals surface area contributed by atoms with Gasteiger partial charge in [0.25, 0.3) is 5.91 Å². The summed E-state index contributed by atoms with van der Waals surface area (Å²) in [6.07, 6.45) is -0.574. The summed E-state index contributed by atoms with van der Waals surface area (Å²) in [5.74, 6) is -3.33. The van der Waals surface area contributed by atoms with Gasteiger partial charge in [0.15, 0.2) is 5.41 Å². The fourth-order valence-electron chi connectivity index (χ4n) is 2.34. The molecule has 1 aliphatic rings. The lowest BCUT2D eigenvalue weighted by molar-refractivity contribution is -0.154. The molecule has 0 aromatic heterocycles. The van der Waals surface area contributed by atoms with E-state index in [1.807, 2.05) is 0 Å². The molecule has 0 radical (unpaired) electrons. The smallest absolute Gasteiger partial charge is 0.326 e. The van der Waals surface area contributed by atoms with E-state index in [2.05, 4.69) is 10.1 Å². The molecule has 0 aliphatic carbocycles. The number of hydrogen-bond donors (Lipinski definition) is 2. The normalized spacial score (nSPS) is 20.9. The number of hydrogen-bond acceptors (Lipinski definition) is 5. The number of ether oxygens (including phenoxy) is 1. The summed E-state index contributed by atoms with van der Waals surface area (Å²) < 4.78 is 4.64. The Morgan fingerprint density at radius 1 is 1.30 bits per heavy atom. The average molecular weight is 276 g/mol. The van der Waals surface area contributed by atoms with Gasteiger partial charge in [0.2, 0.25) is 11.8 Å². The number of rotatable bonds is 3. The molecule has 1 aromatic carbocycles. The molecule has 1 aromatic rings. The molecule has 0 saturated carbocycles. The van der Waals surface area contributed by atoms with Crippen LogP contribution in [0, 0.1) is 0 Å². The number of carbonyl (C=O) groups excluding carboxylic acids is 4. The second kappa shape index (κ2) is 4.76. The fourth-order valence-corrected chi connectivity index (χ4v) is 2.34. The van der Waals surface area contributed by atoms with Crippen molar-refractivity contribution in [3.63, 3.8) is 0 Å². The first-order valence-corrected chi connectivity index (χ1v) is 5.75. The van der Waals surface area contributed by atoms with Crippen molar-refractivity contribution in [2.75, 3.05) is 7.11 Å². The van der Waals surface area contributed by atoms with Gasteiger partial charge in [0.05, 0.1) is 13.5 Å². The third-order valence-corrected chi connectivity index (χ3v) is 3.22. The number of benzene rings is 1. The van der Waals surface area contributed by atoms with Gasteiger partial charge in [-0.1, -0.05) is 18.2 Å². The van der Waals surface area contributed by atoms with Crippen LogP contribution in [0.5, 0.6) is 0 Å². The van der Waals surface area contributed by atoms with Gasteiger partial charge in [0.1, 0.15) is 0 Å². The Hall–Kier alpha value is -2.70. The van der Waals surface area contributed by atoms with Crippen LogP contribution in [0.1, 0.15) is 22.3 Å². The van der Waals surface area contributed by atoms with Crippen molar-refractivity contribution < 1.29 is 23.9 Å². The second-order valence-electron chi connectivity index (χ2n) is 4.37. The predicted molar refractivity (Wildman–Crippen MR) is 66.4 cm³/mol. The van der Waals surface area contributed by atoms with Gasteiger partial charge in [-0.2, -0.15) is 0 Å². The van der Waals surface area contributed by atoms with Crippen LogP contribution in [-0.2, 0) is 24.5 Å². The minimum atomic E-state index is -1.93. The number of primary amides is 1. The molecule has 1 atom stereocenters. The molecule has 104 valence electrons. The molecular weight excluding hydrogens is 264 g/mol. The van der Waals surface area contributed by atoms with Crippen LogP contribution >= 0.6 is 0 Å². The fraction of sp³-hybridized carbons (Fsp3) is 0.231. The summed E-state index contributed by atoms with van der Waals surface area (Å²) in [6.45, 7) is 0. The Labute approximate surface area is 114 Å². The first kappa shape index (κ1) is 13.7. The number of methoxy groups -OCH3 is 1. The Kier molecular flexibility index (Phi) is 3.27. The van der Waals surface area contributed by atoms with Crippen LogP contribution in [0.2, 0.25) is 0 Å². The third kappa shape index (κ3) is 1.83. The van der Waals surface area contributed by atoms with Crippen LogP contribution in [0.15, 0.2) is 24.3 Å². The predicted octanol–water partition coefficient (Wildman–Crippen LogP) is -0.757. The first-order chi connectivity index (χ1) is 9.43. The van der Waals surface area contributed by atoms with Crippen LogP contribution in [0.25, 0.3) is 0 Å². The van der Waals surface area contributed by atoms with E-state index < -0.39 is 35.5 Å². The topological polar surface area (TPSA) is 116 Å². The Balaban J connectivity index is 2.74. The lowest BCUT2D eigenvalue weighted by atomic mass is 9.72. The summed E-state index contributed by atoms with van der Waals surface area (Å²) >= 11 is 0. The van der Waals surface area contributed by atoms with Crippen LogP contribution < -0.4 is 11.1 Å². The molecule has 3 amide bonds. The van der Waals surface area contributed by atoms with E-state index in [0.717, 1.165) is 7.11 Å². The maximum Gasteiger partial charge on any atom is 0.326 e. The highest BCUT2D eigenvalue weighted by Gasteiger charge is 2.54. The zero-order valence-electron chi connectivity index (χ0n) is 10.6. The van der Waals surface area contributed by atoms with Crippen molar-refractivity contribution in [1.82, 2.24) is 5.32 Å². The molecule has 0 fully saturated rings. The number of carbonyl (C=O) groups is 4. The maximum atomic E-state index is 12.2. The summed E-state index contributed by atoms with van der Waals surface area (Å²) in [6, 6.07) is 6.03. The second-order valence-corrected chi connectivity index (χ2v) is 4.37.